The topological polar surface area (TPSA) is 90.5 Å². The predicted molar refractivity (Wildman–Crippen MR) is 96.5 cm³/mol. The Morgan fingerprint density at radius 1 is 1.24 bits per heavy atom. The lowest BCUT2D eigenvalue weighted by Gasteiger charge is -2.26. The first kappa shape index (κ1) is 15.7. The fourth-order valence-corrected chi connectivity index (χ4v) is 3.78. The Bertz CT molecular complexity index is 887. The van der Waals surface area contributed by atoms with Gasteiger partial charge in [-0.15, -0.1) is 11.8 Å². The maximum Gasteiger partial charge on any atom is 0.323 e. The lowest BCUT2D eigenvalue weighted by Crippen LogP contribution is -2.42. The van der Waals surface area contributed by atoms with E-state index in [1.165, 1.54) is 16.7 Å². The van der Waals surface area contributed by atoms with Crippen molar-refractivity contribution in [1.82, 2.24) is 15.3 Å². The summed E-state index contributed by atoms with van der Waals surface area (Å²) >= 11 is 1.52. The van der Waals surface area contributed by atoms with Gasteiger partial charge in [-0.05, 0) is 18.2 Å². The Morgan fingerprint density at radius 2 is 2.08 bits per heavy atom. The Balaban J connectivity index is 1.61. The van der Waals surface area contributed by atoms with Crippen LogP contribution in [0.15, 0.2) is 29.3 Å². The molecule has 25 heavy (non-hydrogen) atoms. The number of hydrogen-bond donors (Lipinski definition) is 2. The van der Waals surface area contributed by atoms with Crippen LogP contribution in [-0.4, -0.2) is 41.8 Å². The first-order chi connectivity index (χ1) is 12.0. The second-order valence-corrected chi connectivity index (χ2v) is 6.83. The Morgan fingerprint density at radius 3 is 2.92 bits per heavy atom. The van der Waals surface area contributed by atoms with E-state index in [0.29, 0.717) is 24.1 Å². The molecule has 0 fully saturated rings. The monoisotopic (exact) mass is 356 g/mol. The van der Waals surface area contributed by atoms with Crippen molar-refractivity contribution in [3.63, 3.8) is 0 Å². The normalized spacial score (nSPS) is 16.2. The molecule has 0 aliphatic carbocycles. The Labute approximate surface area is 148 Å². The highest BCUT2D eigenvalue weighted by atomic mass is 32.2. The summed E-state index contributed by atoms with van der Waals surface area (Å²) in [6.45, 7) is 0.425. The summed E-state index contributed by atoms with van der Waals surface area (Å²) < 4.78 is 0. The zero-order chi connectivity index (χ0) is 17.6. The van der Waals surface area contributed by atoms with Crippen molar-refractivity contribution in [3.05, 3.63) is 30.0 Å². The van der Waals surface area contributed by atoms with Gasteiger partial charge in [0.15, 0.2) is 0 Å². The maximum absolute atomic E-state index is 11.8. The van der Waals surface area contributed by atoms with Crippen LogP contribution in [0.3, 0.4) is 0 Å². The number of anilines is 4. The van der Waals surface area contributed by atoms with Crippen LogP contribution < -0.4 is 20.4 Å². The summed E-state index contributed by atoms with van der Waals surface area (Å²) in [7, 11) is 3.45. The molecule has 0 atom stereocenters. The average Bonchev–Trinajstić information content (AvgIpc) is 2.62. The second kappa shape index (κ2) is 5.92. The third-order valence-corrected chi connectivity index (χ3v) is 5.23. The van der Waals surface area contributed by atoms with Crippen molar-refractivity contribution in [2.45, 2.75) is 11.4 Å². The molecule has 0 bridgehead atoms. The number of fused-ring (bicyclic) bond motifs is 2. The molecule has 9 heteroatoms. The van der Waals surface area contributed by atoms with Gasteiger partial charge in [-0.3, -0.25) is 9.69 Å². The van der Waals surface area contributed by atoms with Gasteiger partial charge in [-0.2, -0.15) is 4.98 Å². The van der Waals surface area contributed by atoms with Crippen molar-refractivity contribution >= 4 is 46.8 Å². The van der Waals surface area contributed by atoms with Crippen molar-refractivity contribution < 1.29 is 9.59 Å². The SMILES string of the molecule is CN1C(=O)CSc2cc(Nc3ncc4c(n3)N(C)C(=O)NC4)ccc21. The smallest absolute Gasteiger partial charge is 0.323 e. The molecule has 1 aromatic heterocycles. The number of aromatic nitrogens is 2. The number of urea groups is 1. The van der Waals surface area contributed by atoms with Crippen molar-refractivity contribution in [3.8, 4) is 0 Å². The quantitative estimate of drug-likeness (QED) is 0.855. The molecule has 0 saturated carbocycles. The lowest BCUT2D eigenvalue weighted by atomic mass is 10.2. The van der Waals surface area contributed by atoms with Crippen LogP contribution in [0.4, 0.5) is 27.9 Å². The number of amides is 3. The molecule has 2 aliphatic heterocycles. The lowest BCUT2D eigenvalue weighted by molar-refractivity contribution is -0.116. The number of carbonyl (C=O) groups is 2. The number of nitrogens with one attached hydrogen (secondary N) is 2. The minimum absolute atomic E-state index is 0.0949. The van der Waals surface area contributed by atoms with Gasteiger partial charge in [-0.1, -0.05) is 0 Å². The van der Waals surface area contributed by atoms with Gasteiger partial charge >= 0.3 is 6.03 Å². The van der Waals surface area contributed by atoms with Crippen LogP contribution in [0, 0.1) is 0 Å². The van der Waals surface area contributed by atoms with E-state index in [4.69, 9.17) is 0 Å². The van der Waals surface area contributed by atoms with Gasteiger partial charge in [0.05, 0.1) is 11.4 Å². The third kappa shape index (κ3) is 2.76. The van der Waals surface area contributed by atoms with E-state index in [-0.39, 0.29) is 11.9 Å². The molecule has 0 radical (unpaired) electrons. The second-order valence-electron chi connectivity index (χ2n) is 5.81. The van der Waals surface area contributed by atoms with Gasteiger partial charge in [-0.25, -0.2) is 9.78 Å². The number of thioether (sulfide) groups is 1. The van der Waals surface area contributed by atoms with E-state index in [1.807, 2.05) is 18.2 Å². The maximum atomic E-state index is 11.8. The van der Waals surface area contributed by atoms with Crippen LogP contribution >= 0.6 is 11.8 Å². The molecule has 128 valence electrons. The summed E-state index contributed by atoms with van der Waals surface area (Å²) in [5, 5.41) is 5.92. The van der Waals surface area contributed by atoms with Crippen LogP contribution in [0.25, 0.3) is 0 Å². The number of carbonyl (C=O) groups excluding carboxylic acids is 2. The first-order valence-electron chi connectivity index (χ1n) is 7.71. The van der Waals surface area contributed by atoms with Gasteiger partial charge < -0.3 is 15.5 Å². The summed E-state index contributed by atoms with van der Waals surface area (Å²) in [6, 6.07) is 5.57. The molecule has 2 N–H and O–H groups in total. The number of hydrogen-bond acceptors (Lipinski definition) is 6. The molecule has 3 amide bonds. The summed E-state index contributed by atoms with van der Waals surface area (Å²) in [5.41, 5.74) is 2.60. The first-order valence-corrected chi connectivity index (χ1v) is 8.69. The van der Waals surface area contributed by atoms with Crippen LogP contribution in [0.1, 0.15) is 5.56 Å². The van der Waals surface area contributed by atoms with Gasteiger partial charge in [0.25, 0.3) is 0 Å². The molecular weight excluding hydrogens is 340 g/mol. The van der Waals surface area contributed by atoms with Gasteiger partial charge in [0.2, 0.25) is 11.9 Å². The van der Waals surface area contributed by atoms with E-state index in [0.717, 1.165) is 21.8 Å². The standard InChI is InChI=1S/C16H16N6O2S/c1-21-11-4-3-10(5-12(11)25-8-13(21)23)19-15-17-6-9-7-18-16(24)22(2)14(9)20-15/h3-6H,7-8H2,1-2H3,(H,18,24)(H,17,19,20). The fraction of sp³-hybridized carbons (Fsp3) is 0.250. The highest BCUT2D eigenvalue weighted by molar-refractivity contribution is 8.00. The molecule has 2 aliphatic rings. The van der Waals surface area contributed by atoms with Crippen LogP contribution in [0.5, 0.6) is 0 Å². The van der Waals surface area contributed by atoms with Gasteiger partial charge in [0, 0.05) is 43.0 Å². The summed E-state index contributed by atoms with van der Waals surface area (Å²) in [6.07, 6.45) is 1.71. The number of nitrogens with zero attached hydrogens (tertiary/aromatic N) is 4. The predicted octanol–water partition coefficient (Wildman–Crippen LogP) is 1.95. The van der Waals surface area contributed by atoms with E-state index >= 15 is 0 Å². The minimum atomic E-state index is -0.185. The van der Waals surface area contributed by atoms with Crippen molar-refractivity contribution in [1.29, 1.82) is 0 Å². The molecule has 8 nitrogen and oxygen atoms in total. The van der Waals surface area contributed by atoms with Crippen molar-refractivity contribution in [2.24, 2.45) is 0 Å². The zero-order valence-corrected chi connectivity index (χ0v) is 14.6. The molecule has 4 rings (SSSR count). The molecule has 2 aromatic rings. The molecule has 1 aromatic carbocycles. The minimum Gasteiger partial charge on any atom is -0.333 e. The van der Waals surface area contributed by atoms with E-state index in [2.05, 4.69) is 20.6 Å². The van der Waals surface area contributed by atoms with E-state index < -0.39 is 0 Å². The highest BCUT2D eigenvalue weighted by Crippen LogP contribution is 2.36. The van der Waals surface area contributed by atoms with Crippen LogP contribution in [0.2, 0.25) is 0 Å². The van der Waals surface area contributed by atoms with Crippen molar-refractivity contribution in [2.75, 3.05) is 35.0 Å². The Kier molecular flexibility index (Phi) is 3.72. The van der Waals surface area contributed by atoms with Crippen LogP contribution in [-0.2, 0) is 11.3 Å². The number of rotatable bonds is 2. The molecule has 0 saturated heterocycles. The largest absolute Gasteiger partial charge is 0.333 e. The summed E-state index contributed by atoms with van der Waals surface area (Å²) in [5.74, 6) is 1.55. The van der Waals surface area contributed by atoms with Gasteiger partial charge in [0.1, 0.15) is 5.82 Å². The van der Waals surface area contributed by atoms with E-state index in [1.54, 1.807) is 25.2 Å². The highest BCUT2D eigenvalue weighted by Gasteiger charge is 2.23. The summed E-state index contributed by atoms with van der Waals surface area (Å²) in [4.78, 5) is 36.4. The fourth-order valence-electron chi connectivity index (χ4n) is 2.74. The number of benzene rings is 1. The third-order valence-electron chi connectivity index (χ3n) is 4.20. The van der Waals surface area contributed by atoms with E-state index in [9.17, 15) is 9.59 Å². The zero-order valence-electron chi connectivity index (χ0n) is 13.7. The molecule has 3 heterocycles. The molecule has 0 unspecified atom stereocenters. The molecular formula is C16H16N6O2S. The Hall–Kier alpha value is -2.81. The average molecular weight is 356 g/mol. The molecule has 0 spiro atoms.